The van der Waals surface area contributed by atoms with E-state index in [1.165, 1.54) is 0 Å². The van der Waals surface area contributed by atoms with Crippen LogP contribution in [0.25, 0.3) is 0 Å². The molecular formula is C18H23N5O. The summed E-state index contributed by atoms with van der Waals surface area (Å²) in [5, 5.41) is 0. The Bertz CT molecular complexity index is 672. The lowest BCUT2D eigenvalue weighted by Gasteiger charge is -2.35. The molecule has 2 fully saturated rings. The van der Waals surface area contributed by atoms with Crippen molar-refractivity contribution < 1.29 is 4.79 Å². The minimum Gasteiger partial charge on any atom is -0.363 e. The van der Waals surface area contributed by atoms with Crippen LogP contribution >= 0.6 is 0 Å². The smallest absolute Gasteiger partial charge is 0.228 e. The highest BCUT2D eigenvalue weighted by Crippen LogP contribution is 2.33. The van der Waals surface area contributed by atoms with Gasteiger partial charge in [0.2, 0.25) is 5.91 Å². The molecule has 4 rings (SSSR count). The zero-order valence-corrected chi connectivity index (χ0v) is 13.8. The summed E-state index contributed by atoms with van der Waals surface area (Å²) in [6.07, 6.45) is 11.2. The molecule has 2 aliphatic heterocycles. The Morgan fingerprint density at radius 3 is 2.92 bits per heavy atom. The minimum atomic E-state index is 0.0521. The summed E-state index contributed by atoms with van der Waals surface area (Å²) in [6, 6.07) is 4.30. The van der Waals surface area contributed by atoms with Crippen LogP contribution in [0, 0.1) is 5.92 Å². The molecule has 0 unspecified atom stereocenters. The van der Waals surface area contributed by atoms with Crippen molar-refractivity contribution in [3.63, 3.8) is 0 Å². The number of hydrogen-bond acceptors (Lipinski definition) is 4. The molecule has 6 heteroatoms. The van der Waals surface area contributed by atoms with Gasteiger partial charge in [-0.25, -0.2) is 4.98 Å². The number of anilines is 1. The minimum absolute atomic E-state index is 0.0521. The molecule has 0 aliphatic carbocycles. The normalized spacial score (nSPS) is 24.3. The number of nitrogens with one attached hydrogen (secondary N) is 1. The molecule has 2 saturated heterocycles. The van der Waals surface area contributed by atoms with E-state index in [4.69, 9.17) is 0 Å². The number of nitrogens with zero attached hydrogens (tertiary/aromatic N) is 4. The van der Waals surface area contributed by atoms with E-state index in [-0.39, 0.29) is 12.0 Å². The van der Waals surface area contributed by atoms with Gasteiger partial charge in [0.25, 0.3) is 0 Å². The number of rotatable bonds is 3. The van der Waals surface area contributed by atoms with E-state index in [1.807, 2.05) is 12.3 Å². The van der Waals surface area contributed by atoms with Gasteiger partial charge in [-0.3, -0.25) is 9.78 Å². The predicted molar refractivity (Wildman–Crippen MR) is 91.4 cm³/mol. The van der Waals surface area contributed by atoms with Gasteiger partial charge in [0.1, 0.15) is 5.82 Å². The average Bonchev–Trinajstić information content (AvgIpc) is 3.33. The van der Waals surface area contributed by atoms with Gasteiger partial charge in [0.15, 0.2) is 0 Å². The fraction of sp³-hybridized carbons (Fsp3) is 0.500. The zero-order chi connectivity index (χ0) is 16.4. The summed E-state index contributed by atoms with van der Waals surface area (Å²) in [6.45, 7) is 2.55. The number of aromatic amines is 1. The SMILES string of the molecule is O=C([C@H]1CCCN(c2cnccn2)C1)N1CCC[C@H]1c1ccc[nH]1. The van der Waals surface area contributed by atoms with Crippen LogP contribution in [0.4, 0.5) is 5.82 Å². The Morgan fingerprint density at radius 1 is 1.21 bits per heavy atom. The third-order valence-corrected chi connectivity index (χ3v) is 5.16. The van der Waals surface area contributed by atoms with Crippen LogP contribution in [0.5, 0.6) is 0 Å². The van der Waals surface area contributed by atoms with Crippen LogP contribution in [-0.2, 0) is 4.79 Å². The van der Waals surface area contributed by atoms with Crippen molar-refractivity contribution in [1.29, 1.82) is 0 Å². The Hall–Kier alpha value is -2.37. The summed E-state index contributed by atoms with van der Waals surface area (Å²) in [5.74, 6) is 1.22. The van der Waals surface area contributed by atoms with Crippen LogP contribution in [0.3, 0.4) is 0 Å². The molecule has 126 valence electrons. The second kappa shape index (κ2) is 6.63. The van der Waals surface area contributed by atoms with Gasteiger partial charge in [-0.15, -0.1) is 0 Å². The highest BCUT2D eigenvalue weighted by atomic mass is 16.2. The van der Waals surface area contributed by atoms with E-state index in [0.717, 1.165) is 56.8 Å². The third kappa shape index (κ3) is 2.88. The first-order valence-electron chi connectivity index (χ1n) is 8.77. The van der Waals surface area contributed by atoms with Crippen LogP contribution in [0.2, 0.25) is 0 Å². The van der Waals surface area contributed by atoms with Crippen molar-refractivity contribution in [2.45, 2.75) is 31.7 Å². The molecule has 0 spiro atoms. The van der Waals surface area contributed by atoms with Gasteiger partial charge in [-0.2, -0.15) is 0 Å². The molecule has 6 nitrogen and oxygen atoms in total. The Balaban J connectivity index is 1.47. The van der Waals surface area contributed by atoms with Gasteiger partial charge < -0.3 is 14.8 Å². The average molecular weight is 325 g/mol. The van der Waals surface area contributed by atoms with Crippen LogP contribution in [0.15, 0.2) is 36.9 Å². The van der Waals surface area contributed by atoms with Crippen molar-refractivity contribution in [1.82, 2.24) is 19.9 Å². The molecule has 4 heterocycles. The van der Waals surface area contributed by atoms with E-state index in [9.17, 15) is 4.79 Å². The molecule has 2 aromatic rings. The summed E-state index contributed by atoms with van der Waals surface area (Å²) >= 11 is 0. The number of aromatic nitrogens is 3. The monoisotopic (exact) mass is 325 g/mol. The maximum atomic E-state index is 13.1. The molecule has 0 saturated carbocycles. The van der Waals surface area contributed by atoms with Gasteiger partial charge >= 0.3 is 0 Å². The molecule has 2 atom stereocenters. The zero-order valence-electron chi connectivity index (χ0n) is 13.8. The van der Waals surface area contributed by atoms with E-state index in [1.54, 1.807) is 18.6 Å². The van der Waals surface area contributed by atoms with E-state index in [0.29, 0.717) is 5.91 Å². The van der Waals surface area contributed by atoms with Crippen molar-refractivity contribution in [3.8, 4) is 0 Å². The fourth-order valence-electron chi connectivity index (χ4n) is 3.98. The summed E-state index contributed by atoms with van der Waals surface area (Å²) in [4.78, 5) is 29.2. The first-order chi connectivity index (χ1) is 11.8. The lowest BCUT2D eigenvalue weighted by atomic mass is 9.96. The fourth-order valence-corrected chi connectivity index (χ4v) is 3.98. The molecule has 2 aromatic heterocycles. The number of H-pyrrole nitrogens is 1. The van der Waals surface area contributed by atoms with Gasteiger partial charge in [0.05, 0.1) is 18.2 Å². The first-order valence-corrected chi connectivity index (χ1v) is 8.77. The molecule has 2 aliphatic rings. The number of piperidine rings is 1. The molecule has 1 amide bonds. The van der Waals surface area contributed by atoms with Crippen molar-refractivity contribution in [3.05, 3.63) is 42.6 Å². The Labute approximate surface area is 141 Å². The summed E-state index contributed by atoms with van der Waals surface area (Å²) in [5.41, 5.74) is 1.16. The van der Waals surface area contributed by atoms with Crippen LogP contribution < -0.4 is 4.90 Å². The number of hydrogen-bond donors (Lipinski definition) is 1. The standard InChI is InChI=1S/C18H23N5O/c24-18(23-11-3-6-16(23)15-5-1-7-20-15)14-4-2-10-22(13-14)17-12-19-8-9-21-17/h1,5,7-9,12,14,16,20H,2-4,6,10-11,13H2/t14-,16-/m0/s1. The van der Waals surface area contributed by atoms with Gasteiger partial charge in [-0.05, 0) is 37.8 Å². The van der Waals surface area contributed by atoms with Crippen molar-refractivity contribution in [2.75, 3.05) is 24.5 Å². The van der Waals surface area contributed by atoms with Gasteiger partial charge in [0, 0.05) is 43.9 Å². The topological polar surface area (TPSA) is 65.1 Å². The highest BCUT2D eigenvalue weighted by Gasteiger charge is 2.36. The number of likely N-dealkylation sites (tertiary alicyclic amines) is 1. The number of carbonyl (C=O) groups excluding carboxylic acids is 1. The maximum Gasteiger partial charge on any atom is 0.228 e. The molecule has 0 bridgehead atoms. The first kappa shape index (κ1) is 15.2. The molecular weight excluding hydrogens is 302 g/mol. The van der Waals surface area contributed by atoms with E-state index < -0.39 is 0 Å². The molecule has 1 N–H and O–H groups in total. The molecule has 24 heavy (non-hydrogen) atoms. The van der Waals surface area contributed by atoms with Crippen molar-refractivity contribution >= 4 is 11.7 Å². The number of amides is 1. The second-order valence-electron chi connectivity index (χ2n) is 6.66. The van der Waals surface area contributed by atoms with Gasteiger partial charge in [-0.1, -0.05) is 0 Å². The number of carbonyl (C=O) groups is 1. The molecule has 0 aromatic carbocycles. The molecule has 0 radical (unpaired) electrons. The maximum absolute atomic E-state index is 13.1. The highest BCUT2D eigenvalue weighted by molar-refractivity contribution is 5.80. The largest absolute Gasteiger partial charge is 0.363 e. The lowest BCUT2D eigenvalue weighted by molar-refractivity contribution is -0.136. The Kier molecular flexibility index (Phi) is 4.19. The van der Waals surface area contributed by atoms with Crippen LogP contribution in [-0.4, -0.2) is 45.4 Å². The van der Waals surface area contributed by atoms with Crippen LogP contribution in [0.1, 0.15) is 37.4 Å². The van der Waals surface area contributed by atoms with E-state index in [2.05, 4.69) is 30.8 Å². The summed E-state index contributed by atoms with van der Waals surface area (Å²) < 4.78 is 0. The predicted octanol–water partition coefficient (Wildman–Crippen LogP) is 2.38. The lowest BCUT2D eigenvalue weighted by Crippen LogP contribution is -2.45. The van der Waals surface area contributed by atoms with E-state index >= 15 is 0 Å². The third-order valence-electron chi connectivity index (χ3n) is 5.16. The quantitative estimate of drug-likeness (QED) is 0.941. The van der Waals surface area contributed by atoms with Crippen molar-refractivity contribution in [2.24, 2.45) is 5.92 Å². The second-order valence-corrected chi connectivity index (χ2v) is 6.66. The summed E-state index contributed by atoms with van der Waals surface area (Å²) in [7, 11) is 0. The Morgan fingerprint density at radius 2 is 2.12 bits per heavy atom.